The molecule has 2 N–H and O–H groups in total. The molecule has 13 nitrogen and oxygen atoms in total. The van der Waals surface area contributed by atoms with Crippen LogP contribution in [0.3, 0.4) is 0 Å². The molecule has 7 rings (SSSR count). The first-order valence-electron chi connectivity index (χ1n) is 17.7. The zero-order valence-electron chi connectivity index (χ0n) is 30.2. The van der Waals surface area contributed by atoms with Crippen molar-refractivity contribution < 1.29 is 45.4 Å². The molecule has 2 aliphatic carbocycles. The lowest BCUT2D eigenvalue weighted by molar-refractivity contribution is -0.140. The summed E-state index contributed by atoms with van der Waals surface area (Å²) >= 11 is 0.784. The van der Waals surface area contributed by atoms with E-state index in [4.69, 9.17) is 9.47 Å². The lowest BCUT2D eigenvalue weighted by Gasteiger charge is -2.30. The standard InChI is InChI=1S/C36H41F3N6O7S2/c1-20-26(51-4)11-10-23-27(16-24(40-29(20)23)30-41-28(19-53-30)36(37,38)39)52-22-15-25-31(46)44(3)14-8-6-5-7-9-21-17-35(21,42-33(48)45(25)18-22)32(47)43-54(49,50)34(2)12-13-34/h7,9-11,16,19,21-22,25H,5-6,8,12-15,17-18H2,1-4H3,(H,42,48)(H,43,47)/b9-7-/t21?,22-,25?,35?/m0/s1. The largest absolute Gasteiger partial charge is 0.496 e. The molecule has 3 unspecified atom stereocenters. The number of allylic oxidation sites excluding steroid dienone is 1. The third-order valence-electron chi connectivity index (χ3n) is 10.9. The molecule has 0 spiro atoms. The number of urea groups is 1. The molecule has 1 saturated heterocycles. The highest BCUT2D eigenvalue weighted by Gasteiger charge is 2.63. The van der Waals surface area contributed by atoms with E-state index < -0.39 is 62.2 Å². The number of aromatic nitrogens is 2. The fraction of sp³-hybridized carbons (Fsp3) is 0.528. The number of amides is 4. The lowest BCUT2D eigenvalue weighted by Crippen LogP contribution is -2.58. The Morgan fingerprint density at radius 2 is 1.91 bits per heavy atom. The van der Waals surface area contributed by atoms with Crippen LogP contribution in [0.25, 0.3) is 21.6 Å². The molecule has 18 heteroatoms. The highest BCUT2D eigenvalue weighted by molar-refractivity contribution is 7.91. The Bertz CT molecular complexity index is 2150. The van der Waals surface area contributed by atoms with Crippen LogP contribution in [0.15, 0.2) is 35.7 Å². The van der Waals surface area contributed by atoms with Gasteiger partial charge in [0.05, 0.1) is 23.9 Å². The number of nitrogens with zero attached hydrogens (tertiary/aromatic N) is 4. The summed E-state index contributed by atoms with van der Waals surface area (Å²) in [4.78, 5) is 53.2. The maximum atomic E-state index is 14.2. The van der Waals surface area contributed by atoms with Gasteiger partial charge in [-0.2, -0.15) is 13.2 Å². The molecule has 2 aromatic heterocycles. The van der Waals surface area contributed by atoms with E-state index in [1.54, 1.807) is 37.9 Å². The van der Waals surface area contributed by atoms with E-state index in [1.165, 1.54) is 18.1 Å². The molecule has 4 amide bonds. The molecule has 54 heavy (non-hydrogen) atoms. The number of methoxy groups -OCH3 is 1. The molecule has 1 aromatic carbocycles. The topological polar surface area (TPSA) is 160 Å². The second kappa shape index (κ2) is 13.7. The first-order chi connectivity index (χ1) is 25.5. The first-order valence-corrected chi connectivity index (χ1v) is 20.1. The van der Waals surface area contributed by atoms with E-state index in [1.807, 2.05) is 12.2 Å². The highest BCUT2D eigenvalue weighted by atomic mass is 32.2. The summed E-state index contributed by atoms with van der Waals surface area (Å²) in [6.45, 7) is 3.69. The smallest absolute Gasteiger partial charge is 0.434 e. The van der Waals surface area contributed by atoms with Crippen molar-refractivity contribution >= 4 is 50.1 Å². The number of fused-ring (bicyclic) bond motifs is 3. The number of halogens is 3. The van der Waals surface area contributed by atoms with Crippen LogP contribution in [0.2, 0.25) is 0 Å². The molecular formula is C36H41F3N6O7S2. The second-order valence-corrected chi connectivity index (χ2v) is 17.8. The predicted octanol–water partition coefficient (Wildman–Crippen LogP) is 5.18. The SMILES string of the molecule is COc1ccc2c(O[C@H]3CC4C(=O)N(C)CCCC/C=C\C5CC5(C(=O)NS(=O)(=O)C5(C)CC5)NC(=O)N4C3)cc(-c3nc(C(F)(F)F)cs3)nc2c1C. The molecule has 4 heterocycles. The van der Waals surface area contributed by atoms with Crippen LogP contribution in [0.4, 0.5) is 18.0 Å². The number of sulfonamides is 1. The number of alkyl halides is 3. The number of ether oxygens (including phenoxy) is 2. The van der Waals surface area contributed by atoms with Crippen LogP contribution < -0.4 is 19.5 Å². The van der Waals surface area contributed by atoms with Gasteiger partial charge in [-0.15, -0.1) is 11.3 Å². The summed E-state index contributed by atoms with van der Waals surface area (Å²) in [6, 6.07) is 3.21. The van der Waals surface area contributed by atoms with Gasteiger partial charge >= 0.3 is 12.2 Å². The molecule has 3 fully saturated rings. The normalized spacial score (nSPS) is 26.3. The van der Waals surface area contributed by atoms with Crippen LogP contribution in [-0.2, 0) is 25.8 Å². The van der Waals surface area contributed by atoms with Gasteiger partial charge in [0, 0.05) is 48.3 Å². The van der Waals surface area contributed by atoms with Crippen molar-refractivity contribution in [1.29, 1.82) is 0 Å². The zero-order valence-corrected chi connectivity index (χ0v) is 31.8. The van der Waals surface area contributed by atoms with Crippen molar-refractivity contribution in [1.82, 2.24) is 29.8 Å². The Morgan fingerprint density at radius 3 is 2.59 bits per heavy atom. The van der Waals surface area contributed by atoms with Gasteiger partial charge in [-0.3, -0.25) is 14.3 Å². The van der Waals surface area contributed by atoms with Gasteiger partial charge in [0.15, 0.2) is 5.69 Å². The molecule has 0 bridgehead atoms. The van der Waals surface area contributed by atoms with E-state index in [-0.39, 0.29) is 41.7 Å². The number of likely N-dealkylation sites (N-methyl/N-ethyl adjacent to an activating group) is 1. The number of hydrogen-bond donors (Lipinski definition) is 2. The lowest BCUT2D eigenvalue weighted by atomic mass is 10.1. The van der Waals surface area contributed by atoms with Crippen molar-refractivity contribution in [3.05, 3.63) is 47.0 Å². The van der Waals surface area contributed by atoms with E-state index in [9.17, 15) is 36.0 Å². The van der Waals surface area contributed by atoms with E-state index in [0.29, 0.717) is 54.4 Å². The van der Waals surface area contributed by atoms with Gasteiger partial charge in [0.2, 0.25) is 15.9 Å². The summed E-state index contributed by atoms with van der Waals surface area (Å²) in [5.74, 6) is -0.856. The number of aryl methyl sites for hydroxylation is 1. The maximum absolute atomic E-state index is 14.2. The van der Waals surface area contributed by atoms with E-state index in [2.05, 4.69) is 20.0 Å². The Labute approximate surface area is 314 Å². The number of rotatable bonds is 7. The summed E-state index contributed by atoms with van der Waals surface area (Å²) in [5.41, 5.74) is -1.43. The summed E-state index contributed by atoms with van der Waals surface area (Å²) in [7, 11) is -0.852. The zero-order chi connectivity index (χ0) is 38.8. The molecular weight excluding hydrogens is 750 g/mol. The molecule has 0 radical (unpaired) electrons. The molecule has 3 aromatic rings. The molecule has 4 atom stereocenters. The average Bonchev–Trinajstić information content (AvgIpc) is 3.88. The van der Waals surface area contributed by atoms with E-state index in [0.717, 1.165) is 23.1 Å². The van der Waals surface area contributed by atoms with Crippen LogP contribution in [0, 0.1) is 12.8 Å². The van der Waals surface area contributed by atoms with Crippen molar-refractivity contribution in [2.45, 2.75) is 87.4 Å². The van der Waals surface area contributed by atoms with E-state index >= 15 is 0 Å². The van der Waals surface area contributed by atoms with Crippen molar-refractivity contribution in [2.24, 2.45) is 5.92 Å². The van der Waals surface area contributed by atoms with Crippen LogP contribution in [-0.4, -0.2) is 95.7 Å². The third-order valence-corrected chi connectivity index (χ3v) is 13.9. The highest BCUT2D eigenvalue weighted by Crippen LogP contribution is 2.48. The number of pyridine rings is 1. The van der Waals surface area contributed by atoms with Gasteiger partial charge < -0.3 is 24.6 Å². The summed E-state index contributed by atoms with van der Waals surface area (Å²) < 4.78 is 79.8. The number of nitrogens with one attached hydrogen (secondary N) is 2. The van der Waals surface area contributed by atoms with Crippen molar-refractivity contribution in [2.75, 3.05) is 27.2 Å². The Balaban J connectivity index is 1.21. The molecule has 290 valence electrons. The maximum Gasteiger partial charge on any atom is 0.434 e. The monoisotopic (exact) mass is 790 g/mol. The first kappa shape index (κ1) is 37.8. The molecule has 2 saturated carbocycles. The Morgan fingerprint density at radius 1 is 1.15 bits per heavy atom. The van der Waals surface area contributed by atoms with Gasteiger partial charge in [-0.25, -0.2) is 23.2 Å². The Kier molecular flexibility index (Phi) is 9.59. The number of thiazole rings is 1. The molecule has 2 aliphatic heterocycles. The minimum Gasteiger partial charge on any atom is -0.496 e. The van der Waals surface area contributed by atoms with Gasteiger partial charge in [-0.05, 0) is 64.5 Å². The van der Waals surface area contributed by atoms with Gasteiger partial charge in [0.25, 0.3) is 5.91 Å². The van der Waals surface area contributed by atoms with Crippen molar-refractivity contribution in [3.8, 4) is 22.2 Å². The van der Waals surface area contributed by atoms with Crippen LogP contribution in [0.1, 0.15) is 63.1 Å². The average molecular weight is 791 g/mol. The number of benzene rings is 1. The number of carbonyl (C=O) groups excluding carboxylic acids is 3. The van der Waals surface area contributed by atoms with Gasteiger partial charge in [-0.1, -0.05) is 12.2 Å². The molecule has 4 aliphatic rings. The second-order valence-electron chi connectivity index (χ2n) is 14.8. The van der Waals surface area contributed by atoms with Crippen molar-refractivity contribution in [3.63, 3.8) is 0 Å². The minimum atomic E-state index is -4.65. The minimum absolute atomic E-state index is 0.0186. The summed E-state index contributed by atoms with van der Waals surface area (Å²) in [6.07, 6.45) is 1.56. The quantitative estimate of drug-likeness (QED) is 0.308. The van der Waals surface area contributed by atoms with Gasteiger partial charge in [0.1, 0.15) is 39.9 Å². The summed E-state index contributed by atoms with van der Waals surface area (Å²) in [5, 5.41) is 4.27. The predicted molar refractivity (Wildman–Crippen MR) is 193 cm³/mol. The fourth-order valence-corrected chi connectivity index (χ4v) is 9.21. The van der Waals surface area contributed by atoms with Crippen LogP contribution >= 0.6 is 11.3 Å². The number of carbonyl (C=O) groups is 3. The fourth-order valence-electron chi connectivity index (χ4n) is 7.11. The van der Waals surface area contributed by atoms with Crippen LogP contribution in [0.5, 0.6) is 11.5 Å². The Hall–Kier alpha value is -4.45. The number of hydrogen-bond acceptors (Lipinski definition) is 10. The third kappa shape index (κ3) is 6.97.